The molecular formula is C20H24N2O4S. The molecule has 0 unspecified atom stereocenters. The molecule has 1 saturated heterocycles. The standard InChI is InChI=1S/C20H24N2O4S/c1-15-12-18(20(23)24)13-19(16(15)2)27(25,26)22-10-8-21(9-11-22)14-17-6-4-3-5-7-17/h3-7,12-13H,8-11,14H2,1-2H3,(H,23,24). The summed E-state index contributed by atoms with van der Waals surface area (Å²) in [6.07, 6.45) is 0. The van der Waals surface area contributed by atoms with Gasteiger partial charge in [0.05, 0.1) is 10.5 Å². The topological polar surface area (TPSA) is 77.9 Å². The van der Waals surface area contributed by atoms with Crippen LogP contribution in [0, 0.1) is 13.8 Å². The fraction of sp³-hybridized carbons (Fsp3) is 0.350. The van der Waals surface area contributed by atoms with Crippen molar-refractivity contribution in [2.24, 2.45) is 0 Å². The lowest BCUT2D eigenvalue weighted by Gasteiger charge is -2.34. The molecule has 0 aromatic heterocycles. The molecule has 0 radical (unpaired) electrons. The van der Waals surface area contributed by atoms with Gasteiger partial charge in [0.2, 0.25) is 10.0 Å². The maximum atomic E-state index is 13.1. The van der Waals surface area contributed by atoms with Crippen molar-refractivity contribution in [2.75, 3.05) is 26.2 Å². The molecule has 1 N–H and O–H groups in total. The molecule has 3 rings (SSSR count). The van der Waals surface area contributed by atoms with E-state index >= 15 is 0 Å². The van der Waals surface area contributed by atoms with Crippen LogP contribution in [0.4, 0.5) is 0 Å². The van der Waals surface area contributed by atoms with Crippen LogP contribution in [0.2, 0.25) is 0 Å². The van der Waals surface area contributed by atoms with Crippen LogP contribution in [-0.2, 0) is 16.6 Å². The first-order valence-corrected chi connectivity index (χ1v) is 10.3. The fourth-order valence-electron chi connectivity index (χ4n) is 3.33. The van der Waals surface area contributed by atoms with E-state index in [0.717, 1.165) is 6.54 Å². The van der Waals surface area contributed by atoms with Crippen LogP contribution in [-0.4, -0.2) is 54.9 Å². The van der Waals surface area contributed by atoms with Crippen molar-refractivity contribution in [1.82, 2.24) is 9.21 Å². The van der Waals surface area contributed by atoms with E-state index in [0.29, 0.717) is 37.3 Å². The molecule has 1 aliphatic heterocycles. The maximum absolute atomic E-state index is 13.1. The number of carbonyl (C=O) groups is 1. The van der Waals surface area contributed by atoms with Gasteiger partial charge in [-0.1, -0.05) is 30.3 Å². The molecule has 1 aliphatic rings. The number of piperazine rings is 1. The Bertz CT molecular complexity index is 934. The summed E-state index contributed by atoms with van der Waals surface area (Å²) in [6, 6.07) is 12.9. The summed E-state index contributed by atoms with van der Waals surface area (Å²) in [4.78, 5) is 13.6. The van der Waals surface area contributed by atoms with Crippen molar-refractivity contribution >= 4 is 16.0 Å². The molecule has 27 heavy (non-hydrogen) atoms. The summed E-state index contributed by atoms with van der Waals surface area (Å²) in [7, 11) is -3.72. The molecule has 0 spiro atoms. The quantitative estimate of drug-likeness (QED) is 0.852. The second-order valence-corrected chi connectivity index (χ2v) is 8.79. The van der Waals surface area contributed by atoms with Crippen LogP contribution in [0.25, 0.3) is 0 Å². The lowest BCUT2D eigenvalue weighted by molar-refractivity contribution is 0.0696. The van der Waals surface area contributed by atoms with Crippen LogP contribution in [0.1, 0.15) is 27.0 Å². The Kier molecular flexibility index (Phi) is 5.64. The third-order valence-electron chi connectivity index (χ3n) is 5.06. The Morgan fingerprint density at radius 1 is 1.04 bits per heavy atom. The van der Waals surface area contributed by atoms with Gasteiger partial charge in [-0.3, -0.25) is 4.90 Å². The van der Waals surface area contributed by atoms with Gasteiger partial charge in [0.1, 0.15) is 0 Å². The van der Waals surface area contributed by atoms with Crippen LogP contribution in [0.5, 0.6) is 0 Å². The molecule has 7 heteroatoms. The summed E-state index contributed by atoms with van der Waals surface area (Å²) < 4.78 is 27.7. The maximum Gasteiger partial charge on any atom is 0.335 e. The molecule has 0 amide bonds. The van der Waals surface area contributed by atoms with E-state index in [-0.39, 0.29) is 10.5 Å². The minimum atomic E-state index is -3.72. The van der Waals surface area contributed by atoms with Crippen molar-refractivity contribution in [2.45, 2.75) is 25.3 Å². The summed E-state index contributed by atoms with van der Waals surface area (Å²) in [6.45, 7) is 6.32. The molecule has 1 fully saturated rings. The average Bonchev–Trinajstić information content (AvgIpc) is 2.65. The van der Waals surface area contributed by atoms with Gasteiger partial charge in [-0.05, 0) is 42.7 Å². The summed E-state index contributed by atoms with van der Waals surface area (Å²) in [5, 5.41) is 9.26. The zero-order valence-electron chi connectivity index (χ0n) is 15.6. The summed E-state index contributed by atoms with van der Waals surface area (Å²) in [5.74, 6) is -1.12. The average molecular weight is 388 g/mol. The van der Waals surface area contributed by atoms with Crippen LogP contribution in [0.3, 0.4) is 0 Å². The Morgan fingerprint density at radius 3 is 2.26 bits per heavy atom. The number of rotatable bonds is 5. The number of aryl methyl sites for hydroxylation is 1. The van der Waals surface area contributed by atoms with Gasteiger partial charge < -0.3 is 5.11 Å². The first-order chi connectivity index (χ1) is 12.8. The molecular weight excluding hydrogens is 364 g/mol. The van der Waals surface area contributed by atoms with Gasteiger partial charge in [-0.15, -0.1) is 0 Å². The largest absolute Gasteiger partial charge is 0.478 e. The summed E-state index contributed by atoms with van der Waals surface area (Å²) in [5.41, 5.74) is 2.47. The molecule has 0 saturated carbocycles. The zero-order valence-corrected chi connectivity index (χ0v) is 16.4. The van der Waals surface area contributed by atoms with Crippen LogP contribution >= 0.6 is 0 Å². The highest BCUT2D eigenvalue weighted by Gasteiger charge is 2.30. The number of aromatic carboxylic acids is 1. The monoisotopic (exact) mass is 388 g/mol. The van der Waals surface area contributed by atoms with E-state index in [1.165, 1.54) is 22.0 Å². The molecule has 144 valence electrons. The fourth-order valence-corrected chi connectivity index (χ4v) is 5.07. The van der Waals surface area contributed by atoms with Gasteiger partial charge in [-0.25, -0.2) is 13.2 Å². The highest BCUT2D eigenvalue weighted by molar-refractivity contribution is 7.89. The highest BCUT2D eigenvalue weighted by atomic mass is 32.2. The molecule has 2 aromatic carbocycles. The van der Waals surface area contributed by atoms with Crippen molar-refractivity contribution in [3.63, 3.8) is 0 Å². The number of carboxylic acids is 1. The third kappa shape index (κ3) is 4.21. The van der Waals surface area contributed by atoms with Gasteiger partial charge in [-0.2, -0.15) is 4.31 Å². The van der Waals surface area contributed by atoms with Gasteiger partial charge >= 0.3 is 5.97 Å². The molecule has 1 heterocycles. The van der Waals surface area contributed by atoms with E-state index < -0.39 is 16.0 Å². The van der Waals surface area contributed by atoms with E-state index in [4.69, 9.17) is 0 Å². The Hall–Kier alpha value is -2.22. The molecule has 6 nitrogen and oxygen atoms in total. The highest BCUT2D eigenvalue weighted by Crippen LogP contribution is 2.25. The van der Waals surface area contributed by atoms with E-state index in [1.54, 1.807) is 13.8 Å². The number of carboxylic acid groups (broad SMARTS) is 1. The number of sulfonamides is 1. The lowest BCUT2D eigenvalue weighted by atomic mass is 10.1. The van der Waals surface area contributed by atoms with Gasteiger partial charge in [0.15, 0.2) is 0 Å². The van der Waals surface area contributed by atoms with Crippen LogP contribution < -0.4 is 0 Å². The molecule has 0 bridgehead atoms. The van der Waals surface area contributed by atoms with Crippen LogP contribution in [0.15, 0.2) is 47.4 Å². The van der Waals surface area contributed by atoms with Gasteiger partial charge in [0.25, 0.3) is 0 Å². The second kappa shape index (κ2) is 7.80. The number of hydrogen-bond donors (Lipinski definition) is 1. The van der Waals surface area contributed by atoms with E-state index in [9.17, 15) is 18.3 Å². The van der Waals surface area contributed by atoms with E-state index in [1.807, 2.05) is 18.2 Å². The molecule has 2 aromatic rings. The predicted octanol–water partition coefficient (Wildman–Crippen LogP) is 2.51. The molecule has 0 atom stereocenters. The zero-order chi connectivity index (χ0) is 19.6. The summed E-state index contributed by atoms with van der Waals surface area (Å²) >= 11 is 0. The third-order valence-corrected chi connectivity index (χ3v) is 7.09. The van der Waals surface area contributed by atoms with Crippen molar-refractivity contribution in [1.29, 1.82) is 0 Å². The second-order valence-electron chi connectivity index (χ2n) is 6.89. The number of nitrogens with zero attached hydrogens (tertiary/aromatic N) is 2. The van der Waals surface area contributed by atoms with E-state index in [2.05, 4.69) is 17.0 Å². The predicted molar refractivity (Wildman–Crippen MR) is 103 cm³/mol. The first kappa shape index (κ1) is 19.5. The molecule has 0 aliphatic carbocycles. The van der Waals surface area contributed by atoms with Crippen molar-refractivity contribution in [3.05, 3.63) is 64.7 Å². The lowest BCUT2D eigenvalue weighted by Crippen LogP contribution is -2.48. The normalized spacial score (nSPS) is 16.4. The minimum absolute atomic E-state index is 0.000566. The number of benzene rings is 2. The van der Waals surface area contributed by atoms with Crippen molar-refractivity contribution in [3.8, 4) is 0 Å². The van der Waals surface area contributed by atoms with Gasteiger partial charge in [0, 0.05) is 32.7 Å². The number of hydrogen-bond acceptors (Lipinski definition) is 4. The smallest absolute Gasteiger partial charge is 0.335 e. The Morgan fingerprint density at radius 2 is 1.67 bits per heavy atom. The first-order valence-electron chi connectivity index (χ1n) is 8.90. The Balaban J connectivity index is 1.76. The van der Waals surface area contributed by atoms with Crippen molar-refractivity contribution < 1.29 is 18.3 Å². The SMILES string of the molecule is Cc1cc(C(=O)O)cc(S(=O)(=O)N2CCN(Cc3ccccc3)CC2)c1C. The Labute approximate surface area is 160 Å². The minimum Gasteiger partial charge on any atom is -0.478 e.